The molecular weight excluding hydrogens is 337 g/mol. The highest BCUT2D eigenvalue weighted by molar-refractivity contribution is 9.10. The maximum Gasteiger partial charge on any atom is 0.413 e. The fourth-order valence-electron chi connectivity index (χ4n) is 1.23. The summed E-state index contributed by atoms with van der Waals surface area (Å²) in [6.45, 7) is 0.461. The maximum atomic E-state index is 13.5. The van der Waals surface area contributed by atoms with Gasteiger partial charge in [0.2, 0.25) is 0 Å². The summed E-state index contributed by atoms with van der Waals surface area (Å²) in [6, 6.07) is 1.89. The van der Waals surface area contributed by atoms with E-state index in [4.69, 9.17) is 5.73 Å². The molecule has 2 N–H and O–H groups in total. The number of hydrogen-bond acceptors (Lipinski definition) is 2. The number of nitrogens with two attached hydrogens (primary N) is 1. The van der Waals surface area contributed by atoms with Crippen molar-refractivity contribution in [2.24, 2.45) is 5.73 Å². The van der Waals surface area contributed by atoms with Crippen LogP contribution in [0.15, 0.2) is 16.6 Å². The highest BCUT2D eigenvalue weighted by Gasteiger charge is 2.53. The molecule has 0 amide bonds. The van der Waals surface area contributed by atoms with Crippen molar-refractivity contribution in [3.8, 4) is 0 Å². The summed E-state index contributed by atoms with van der Waals surface area (Å²) < 4.78 is 64.3. The lowest BCUT2D eigenvalue weighted by Gasteiger charge is -2.26. The summed E-state index contributed by atoms with van der Waals surface area (Å²) in [5, 5.41) is 0. The fraction of sp³-hybridized carbons (Fsp3) is 0.364. The molecule has 0 aromatic heterocycles. The molecule has 0 saturated carbocycles. The Kier molecular flexibility index (Phi) is 4.36. The van der Waals surface area contributed by atoms with Crippen LogP contribution in [0, 0.1) is 11.6 Å². The van der Waals surface area contributed by atoms with Crippen LogP contribution in [0.25, 0.3) is 0 Å². The molecule has 0 saturated heterocycles. The van der Waals surface area contributed by atoms with E-state index in [-0.39, 0.29) is 4.47 Å². The maximum absolute atomic E-state index is 13.5. The first kappa shape index (κ1) is 16.0. The molecule has 0 fully saturated rings. The molecule has 1 unspecified atom stereocenters. The first-order chi connectivity index (χ1) is 8.48. The van der Waals surface area contributed by atoms with E-state index in [9.17, 15) is 26.7 Å². The lowest BCUT2D eigenvalue weighted by atomic mass is 9.92. The zero-order chi connectivity index (χ0) is 15.0. The third-order valence-corrected chi connectivity index (χ3v) is 3.26. The van der Waals surface area contributed by atoms with Gasteiger partial charge in [-0.3, -0.25) is 4.79 Å². The van der Waals surface area contributed by atoms with Gasteiger partial charge in [0.05, 0.1) is 4.47 Å². The first-order valence-corrected chi connectivity index (χ1v) is 5.79. The average molecular weight is 346 g/mol. The van der Waals surface area contributed by atoms with E-state index in [1.54, 1.807) is 0 Å². The molecule has 0 spiro atoms. The standard InChI is InChI=1S/C11H9BrF5NO/c1-10(18,11(15,16)17)8(19)4-5-7(13)3-2-6(12)9(5)14/h2-3H,4,18H2,1H3. The van der Waals surface area contributed by atoms with E-state index in [2.05, 4.69) is 15.9 Å². The van der Waals surface area contributed by atoms with Crippen LogP contribution in [0.1, 0.15) is 12.5 Å². The smallest absolute Gasteiger partial charge is 0.312 e. The minimum atomic E-state index is -5.00. The predicted molar refractivity (Wildman–Crippen MR) is 61.4 cm³/mol. The van der Waals surface area contributed by atoms with Crippen LogP contribution in [0.4, 0.5) is 22.0 Å². The highest BCUT2D eigenvalue weighted by atomic mass is 79.9. The van der Waals surface area contributed by atoms with Gasteiger partial charge in [-0.2, -0.15) is 13.2 Å². The number of halogens is 6. The van der Waals surface area contributed by atoms with Gasteiger partial charge >= 0.3 is 6.18 Å². The van der Waals surface area contributed by atoms with Gasteiger partial charge in [0, 0.05) is 12.0 Å². The Morgan fingerprint density at radius 3 is 2.32 bits per heavy atom. The Balaban J connectivity index is 3.12. The van der Waals surface area contributed by atoms with Crippen LogP contribution in [0.5, 0.6) is 0 Å². The SMILES string of the molecule is CC(N)(C(=O)Cc1c(F)ccc(Br)c1F)C(F)(F)F. The van der Waals surface area contributed by atoms with Crippen molar-refractivity contribution in [3.63, 3.8) is 0 Å². The third kappa shape index (κ3) is 3.11. The van der Waals surface area contributed by atoms with E-state index in [1.165, 1.54) is 0 Å². The van der Waals surface area contributed by atoms with E-state index < -0.39 is 41.1 Å². The number of hydrogen-bond donors (Lipinski definition) is 1. The minimum absolute atomic E-state index is 0.151. The zero-order valence-corrected chi connectivity index (χ0v) is 11.2. The van der Waals surface area contributed by atoms with Crippen molar-refractivity contribution >= 4 is 21.7 Å². The summed E-state index contributed by atoms with van der Waals surface area (Å²) >= 11 is 2.75. The quantitative estimate of drug-likeness (QED) is 0.675. The number of Topliss-reactive ketones (excluding diaryl/α,β-unsaturated/α-hetero) is 1. The van der Waals surface area contributed by atoms with Crippen LogP contribution >= 0.6 is 15.9 Å². The Morgan fingerprint density at radius 1 is 1.32 bits per heavy atom. The second kappa shape index (κ2) is 5.16. The average Bonchev–Trinajstić information content (AvgIpc) is 2.27. The molecule has 0 bridgehead atoms. The summed E-state index contributed by atoms with van der Waals surface area (Å²) in [5.41, 5.74) is 0.984. The Morgan fingerprint density at radius 2 is 1.84 bits per heavy atom. The lowest BCUT2D eigenvalue weighted by molar-refractivity contribution is -0.185. The van der Waals surface area contributed by atoms with Crippen LogP contribution in [-0.4, -0.2) is 17.5 Å². The normalized spacial score (nSPS) is 15.2. The summed E-state index contributed by atoms with van der Waals surface area (Å²) in [6.07, 6.45) is -6.08. The van der Waals surface area contributed by atoms with Crippen LogP contribution in [-0.2, 0) is 11.2 Å². The molecule has 0 aliphatic rings. The number of carbonyl (C=O) groups excluding carboxylic acids is 1. The summed E-state index contributed by atoms with van der Waals surface area (Å²) in [4.78, 5) is 11.5. The van der Waals surface area contributed by atoms with E-state index >= 15 is 0 Å². The van der Waals surface area contributed by atoms with Gasteiger partial charge < -0.3 is 5.73 Å². The van der Waals surface area contributed by atoms with Gasteiger partial charge in [0.15, 0.2) is 11.3 Å². The molecule has 0 aliphatic carbocycles. The fourth-order valence-corrected chi connectivity index (χ4v) is 1.60. The van der Waals surface area contributed by atoms with Crippen LogP contribution in [0.2, 0.25) is 0 Å². The predicted octanol–water partition coefficient (Wildman–Crippen LogP) is 3.12. The molecule has 106 valence electrons. The second-order valence-corrected chi connectivity index (χ2v) is 4.98. The van der Waals surface area contributed by atoms with Crippen molar-refractivity contribution in [1.82, 2.24) is 0 Å². The number of ketones is 1. The van der Waals surface area contributed by atoms with E-state index in [0.29, 0.717) is 6.92 Å². The van der Waals surface area contributed by atoms with Gasteiger partial charge in [-0.15, -0.1) is 0 Å². The molecule has 0 aliphatic heterocycles. The van der Waals surface area contributed by atoms with Gasteiger partial charge in [0.1, 0.15) is 11.6 Å². The van der Waals surface area contributed by atoms with E-state index in [1.807, 2.05) is 0 Å². The third-order valence-electron chi connectivity index (χ3n) is 2.64. The molecule has 19 heavy (non-hydrogen) atoms. The molecular formula is C11H9BrF5NO. The first-order valence-electron chi connectivity index (χ1n) is 4.99. The van der Waals surface area contributed by atoms with Crippen molar-refractivity contribution in [3.05, 3.63) is 33.8 Å². The van der Waals surface area contributed by atoms with Gasteiger partial charge in [-0.1, -0.05) is 0 Å². The molecule has 1 atom stereocenters. The minimum Gasteiger partial charge on any atom is -0.312 e. The van der Waals surface area contributed by atoms with E-state index in [0.717, 1.165) is 12.1 Å². The van der Waals surface area contributed by atoms with Crippen molar-refractivity contribution in [2.75, 3.05) is 0 Å². The van der Waals surface area contributed by atoms with Crippen LogP contribution in [0.3, 0.4) is 0 Å². The zero-order valence-electron chi connectivity index (χ0n) is 9.62. The Bertz CT molecular complexity index is 513. The number of benzene rings is 1. The van der Waals surface area contributed by atoms with Crippen molar-refractivity contribution in [2.45, 2.75) is 25.1 Å². The molecule has 1 aromatic carbocycles. The number of alkyl halides is 3. The number of rotatable bonds is 3. The Hall–Kier alpha value is -1.02. The van der Waals surface area contributed by atoms with Crippen LogP contribution < -0.4 is 5.73 Å². The molecule has 1 aromatic rings. The number of carbonyl (C=O) groups is 1. The topological polar surface area (TPSA) is 43.1 Å². The van der Waals surface area contributed by atoms with Gasteiger partial charge in [0.25, 0.3) is 0 Å². The summed E-state index contributed by atoms with van der Waals surface area (Å²) in [5.74, 6) is -3.74. The molecule has 1 rings (SSSR count). The molecule has 2 nitrogen and oxygen atoms in total. The van der Waals surface area contributed by atoms with Crippen molar-refractivity contribution in [1.29, 1.82) is 0 Å². The largest absolute Gasteiger partial charge is 0.413 e. The van der Waals surface area contributed by atoms with Crippen molar-refractivity contribution < 1.29 is 26.7 Å². The lowest BCUT2D eigenvalue weighted by Crippen LogP contribution is -2.57. The molecule has 0 heterocycles. The van der Waals surface area contributed by atoms with Gasteiger partial charge in [-0.05, 0) is 35.0 Å². The molecule has 0 radical (unpaired) electrons. The van der Waals surface area contributed by atoms with Gasteiger partial charge in [-0.25, -0.2) is 8.78 Å². The summed E-state index contributed by atoms with van der Waals surface area (Å²) in [7, 11) is 0. The molecule has 8 heteroatoms. The second-order valence-electron chi connectivity index (χ2n) is 4.12. The highest BCUT2D eigenvalue weighted by Crippen LogP contribution is 2.31. The monoisotopic (exact) mass is 345 g/mol. The Labute approximate surface area is 113 Å².